The molecule has 1 rings (SSSR count). The Kier molecular flexibility index (Phi) is 4.30. The Morgan fingerprint density at radius 2 is 2.14 bits per heavy atom. The lowest BCUT2D eigenvalue weighted by molar-refractivity contribution is -0.0242. The highest BCUT2D eigenvalue weighted by Gasteiger charge is 2.45. The van der Waals surface area contributed by atoms with E-state index in [4.69, 9.17) is 0 Å². The molecule has 1 saturated carbocycles. The van der Waals surface area contributed by atoms with Gasteiger partial charge in [-0.2, -0.15) is 0 Å². The van der Waals surface area contributed by atoms with E-state index in [0.717, 1.165) is 25.7 Å². The monoisotopic (exact) mass is 205 g/mol. The predicted octanol–water partition coefficient (Wildman–Crippen LogP) is 3.20. The van der Waals surface area contributed by atoms with Gasteiger partial charge in [0.2, 0.25) is 0 Å². The zero-order valence-electron chi connectivity index (χ0n) is 9.15. The van der Waals surface area contributed by atoms with Crippen LogP contribution in [-0.4, -0.2) is 18.5 Å². The van der Waals surface area contributed by atoms with E-state index in [1.54, 1.807) is 0 Å². The third-order valence-electron chi connectivity index (χ3n) is 3.45. The van der Waals surface area contributed by atoms with Crippen molar-refractivity contribution in [1.82, 2.24) is 5.32 Å². The minimum atomic E-state index is -2.23. The lowest BCUT2D eigenvalue weighted by Gasteiger charge is -2.42. The number of nitrogens with one attached hydrogen (secondary N) is 1. The van der Waals surface area contributed by atoms with Crippen LogP contribution < -0.4 is 5.32 Å². The first kappa shape index (κ1) is 11.9. The average molecular weight is 205 g/mol. The standard InChI is InChI=1S/C11H21F2N/c1-3-8-14-11(10(12)13)7-5-4-6-9(11)2/h9-10,14H,3-8H2,1-2H3. The van der Waals surface area contributed by atoms with E-state index in [1.165, 1.54) is 0 Å². The third kappa shape index (κ3) is 2.25. The van der Waals surface area contributed by atoms with Crippen molar-refractivity contribution in [3.8, 4) is 0 Å². The Morgan fingerprint density at radius 1 is 1.43 bits per heavy atom. The quantitative estimate of drug-likeness (QED) is 0.743. The molecule has 0 bridgehead atoms. The molecule has 0 aromatic heterocycles. The predicted molar refractivity (Wildman–Crippen MR) is 54.7 cm³/mol. The summed E-state index contributed by atoms with van der Waals surface area (Å²) in [7, 11) is 0. The SMILES string of the molecule is CCCNC1(C(F)F)CCCCC1C. The van der Waals surface area contributed by atoms with Crippen molar-refractivity contribution < 1.29 is 8.78 Å². The van der Waals surface area contributed by atoms with E-state index in [9.17, 15) is 8.78 Å². The molecule has 1 aliphatic rings. The van der Waals surface area contributed by atoms with Gasteiger partial charge in [-0.3, -0.25) is 0 Å². The van der Waals surface area contributed by atoms with Crippen LogP contribution in [0.4, 0.5) is 8.78 Å². The molecular formula is C11H21F2N. The Balaban J connectivity index is 2.67. The second-order valence-corrected chi connectivity index (χ2v) is 4.41. The van der Waals surface area contributed by atoms with Crippen LogP contribution in [0.2, 0.25) is 0 Å². The molecule has 0 spiro atoms. The van der Waals surface area contributed by atoms with Gasteiger partial charge in [0.15, 0.2) is 0 Å². The summed E-state index contributed by atoms with van der Waals surface area (Å²) in [5, 5.41) is 3.08. The smallest absolute Gasteiger partial charge is 0.256 e. The summed E-state index contributed by atoms with van der Waals surface area (Å²) in [5.41, 5.74) is -0.895. The maximum Gasteiger partial charge on any atom is 0.256 e. The van der Waals surface area contributed by atoms with Crippen molar-refractivity contribution in [2.75, 3.05) is 6.54 Å². The van der Waals surface area contributed by atoms with E-state index in [0.29, 0.717) is 13.0 Å². The Bertz CT molecular complexity index is 173. The number of hydrogen-bond donors (Lipinski definition) is 1. The molecule has 14 heavy (non-hydrogen) atoms. The molecule has 0 heterocycles. The molecule has 0 saturated heterocycles. The summed E-state index contributed by atoms with van der Waals surface area (Å²) < 4.78 is 26.2. The topological polar surface area (TPSA) is 12.0 Å². The fourth-order valence-corrected chi connectivity index (χ4v) is 2.39. The highest BCUT2D eigenvalue weighted by molar-refractivity contribution is 4.97. The number of alkyl halides is 2. The summed E-state index contributed by atoms with van der Waals surface area (Å²) in [6.07, 6.45) is 2.28. The van der Waals surface area contributed by atoms with Gasteiger partial charge >= 0.3 is 0 Å². The average Bonchev–Trinajstić information content (AvgIpc) is 2.16. The van der Waals surface area contributed by atoms with E-state index < -0.39 is 12.0 Å². The number of rotatable bonds is 4. The van der Waals surface area contributed by atoms with Gasteiger partial charge in [-0.25, -0.2) is 8.78 Å². The lowest BCUT2D eigenvalue weighted by atomic mass is 9.73. The highest BCUT2D eigenvalue weighted by Crippen LogP contribution is 2.37. The van der Waals surface area contributed by atoms with Gasteiger partial charge in [0.25, 0.3) is 6.43 Å². The molecular weight excluding hydrogens is 184 g/mol. The van der Waals surface area contributed by atoms with Crippen LogP contribution in [0.5, 0.6) is 0 Å². The Labute approximate surface area is 85.3 Å². The van der Waals surface area contributed by atoms with Gasteiger partial charge in [0, 0.05) is 0 Å². The van der Waals surface area contributed by atoms with Gasteiger partial charge in [-0.05, 0) is 31.7 Å². The van der Waals surface area contributed by atoms with Gasteiger partial charge < -0.3 is 5.32 Å². The van der Waals surface area contributed by atoms with Crippen LogP contribution in [0.3, 0.4) is 0 Å². The molecule has 3 heteroatoms. The fraction of sp³-hybridized carbons (Fsp3) is 1.00. The molecule has 1 nitrogen and oxygen atoms in total. The third-order valence-corrected chi connectivity index (χ3v) is 3.45. The number of halogens is 2. The maximum absolute atomic E-state index is 13.1. The van der Waals surface area contributed by atoms with Crippen molar-refractivity contribution >= 4 is 0 Å². The van der Waals surface area contributed by atoms with E-state index >= 15 is 0 Å². The van der Waals surface area contributed by atoms with Crippen LogP contribution in [0.15, 0.2) is 0 Å². The first-order chi connectivity index (χ1) is 6.63. The molecule has 0 radical (unpaired) electrons. The van der Waals surface area contributed by atoms with Crippen molar-refractivity contribution in [1.29, 1.82) is 0 Å². The minimum Gasteiger partial charge on any atom is -0.306 e. The summed E-state index contributed by atoms with van der Waals surface area (Å²) >= 11 is 0. The van der Waals surface area contributed by atoms with Gasteiger partial charge in [-0.1, -0.05) is 26.7 Å². The van der Waals surface area contributed by atoms with Crippen molar-refractivity contribution in [3.63, 3.8) is 0 Å². The normalized spacial score (nSPS) is 33.6. The van der Waals surface area contributed by atoms with Crippen LogP contribution in [0.1, 0.15) is 46.0 Å². The molecule has 2 unspecified atom stereocenters. The lowest BCUT2D eigenvalue weighted by Crippen LogP contribution is -2.57. The van der Waals surface area contributed by atoms with Gasteiger partial charge in [0.05, 0.1) is 5.54 Å². The number of hydrogen-bond acceptors (Lipinski definition) is 1. The molecule has 0 amide bonds. The van der Waals surface area contributed by atoms with Gasteiger partial charge in [-0.15, -0.1) is 0 Å². The summed E-state index contributed by atoms with van der Waals surface area (Å²) in [4.78, 5) is 0. The summed E-state index contributed by atoms with van der Waals surface area (Å²) in [5.74, 6) is 0.0998. The molecule has 0 aromatic carbocycles. The maximum atomic E-state index is 13.1. The second-order valence-electron chi connectivity index (χ2n) is 4.41. The first-order valence-corrected chi connectivity index (χ1v) is 5.66. The van der Waals surface area contributed by atoms with Crippen LogP contribution in [0.25, 0.3) is 0 Å². The summed E-state index contributed by atoms with van der Waals surface area (Å²) in [6.45, 7) is 4.67. The van der Waals surface area contributed by atoms with Gasteiger partial charge in [0.1, 0.15) is 0 Å². The minimum absolute atomic E-state index is 0.0998. The van der Waals surface area contributed by atoms with Crippen LogP contribution >= 0.6 is 0 Å². The zero-order valence-corrected chi connectivity index (χ0v) is 9.15. The molecule has 1 fully saturated rings. The Morgan fingerprint density at radius 3 is 2.64 bits per heavy atom. The van der Waals surface area contributed by atoms with Crippen molar-refractivity contribution in [3.05, 3.63) is 0 Å². The summed E-state index contributed by atoms with van der Waals surface area (Å²) in [6, 6.07) is 0. The Hall–Kier alpha value is -0.180. The van der Waals surface area contributed by atoms with E-state index in [1.807, 2.05) is 13.8 Å². The second kappa shape index (κ2) is 5.06. The van der Waals surface area contributed by atoms with Crippen LogP contribution in [-0.2, 0) is 0 Å². The fourth-order valence-electron chi connectivity index (χ4n) is 2.39. The van der Waals surface area contributed by atoms with E-state index in [-0.39, 0.29) is 5.92 Å². The first-order valence-electron chi connectivity index (χ1n) is 5.66. The van der Waals surface area contributed by atoms with Crippen molar-refractivity contribution in [2.45, 2.75) is 57.9 Å². The van der Waals surface area contributed by atoms with Crippen LogP contribution in [0, 0.1) is 5.92 Å². The zero-order chi connectivity index (χ0) is 10.6. The molecule has 1 N–H and O–H groups in total. The largest absolute Gasteiger partial charge is 0.306 e. The molecule has 0 aliphatic heterocycles. The molecule has 84 valence electrons. The molecule has 0 aromatic rings. The highest BCUT2D eigenvalue weighted by atomic mass is 19.3. The van der Waals surface area contributed by atoms with Crippen molar-refractivity contribution in [2.24, 2.45) is 5.92 Å². The molecule has 1 aliphatic carbocycles. The van der Waals surface area contributed by atoms with E-state index in [2.05, 4.69) is 5.32 Å². The molecule has 2 atom stereocenters.